The van der Waals surface area contributed by atoms with Gasteiger partial charge in [0.2, 0.25) is 5.91 Å². The maximum Gasteiger partial charge on any atom is 0.329 e. The van der Waals surface area contributed by atoms with Gasteiger partial charge in [0.1, 0.15) is 12.2 Å². The molecule has 1 fully saturated rings. The highest BCUT2D eigenvalue weighted by atomic mass is 35.5. The molecule has 0 saturated carbocycles. The van der Waals surface area contributed by atoms with Crippen molar-refractivity contribution < 1.29 is 23.9 Å². The molecule has 0 unspecified atom stereocenters. The van der Waals surface area contributed by atoms with Crippen LogP contribution in [0.5, 0.6) is 11.5 Å². The number of nitrogens with one attached hydrogen (secondary N) is 2. The Balaban J connectivity index is 1.76. The average Bonchev–Trinajstić information content (AvgIpc) is 3.07. The summed E-state index contributed by atoms with van der Waals surface area (Å²) in [6, 6.07) is 9.97. The number of methoxy groups -OCH3 is 1. The van der Waals surface area contributed by atoms with Gasteiger partial charge >= 0.3 is 6.03 Å². The summed E-state index contributed by atoms with van der Waals surface area (Å²) in [5.74, 6) is -0.267. The number of carbonyl (C=O) groups is 3. The molecule has 34 heavy (non-hydrogen) atoms. The third-order valence-corrected chi connectivity index (χ3v) is 5.67. The zero-order valence-corrected chi connectivity index (χ0v) is 20.4. The Kier molecular flexibility index (Phi) is 8.17. The molecule has 1 aliphatic heterocycles. The molecular weight excluding hydrogens is 458 g/mol. The maximum atomic E-state index is 12.8. The number of aryl methyl sites for hydroxylation is 1. The van der Waals surface area contributed by atoms with Crippen molar-refractivity contribution in [3.8, 4) is 11.5 Å². The summed E-state index contributed by atoms with van der Waals surface area (Å²) in [5.41, 5.74) is 2.17. The number of rotatable bonds is 9. The molecule has 1 heterocycles. The highest BCUT2D eigenvalue weighted by Crippen LogP contribution is 2.38. The lowest BCUT2D eigenvalue weighted by Gasteiger charge is -2.17. The van der Waals surface area contributed by atoms with Gasteiger partial charge < -0.3 is 20.1 Å². The number of imide groups is 1. The van der Waals surface area contributed by atoms with Gasteiger partial charge in [0.15, 0.2) is 11.5 Å². The molecule has 0 radical (unpaired) electrons. The summed E-state index contributed by atoms with van der Waals surface area (Å²) in [4.78, 5) is 38.6. The normalized spacial score (nSPS) is 15.3. The Morgan fingerprint density at radius 3 is 2.65 bits per heavy atom. The largest absolute Gasteiger partial charge is 0.493 e. The summed E-state index contributed by atoms with van der Waals surface area (Å²) in [7, 11) is 1.49. The number of halogens is 1. The SMILES string of the molecule is CCc1ccccc1NC(=O)CN1C(=O)N/C(=C/c2cc(Cl)c(O[C@H](C)CC)c(OC)c2)C1=O. The van der Waals surface area contributed by atoms with E-state index in [1.807, 2.05) is 39.0 Å². The Morgan fingerprint density at radius 1 is 1.24 bits per heavy atom. The standard InChI is InChI=1S/C25H28ClN3O5/c1-5-15(3)34-23-18(26)11-16(13-21(23)33-4)12-20-24(31)29(25(32)28-20)14-22(30)27-19-10-8-7-9-17(19)6-2/h7-13,15H,5-6,14H2,1-4H3,(H,27,30)(H,28,32)/b20-12+/t15-/m1/s1. The fourth-order valence-corrected chi connectivity index (χ4v) is 3.65. The molecule has 0 aliphatic carbocycles. The number of ether oxygens (including phenoxy) is 2. The summed E-state index contributed by atoms with van der Waals surface area (Å²) in [5, 5.41) is 5.59. The fraction of sp³-hybridized carbons (Fsp3) is 0.320. The quantitative estimate of drug-likeness (QED) is 0.399. The Bertz CT molecular complexity index is 1130. The Hall–Kier alpha value is -3.52. The summed E-state index contributed by atoms with van der Waals surface area (Å²) < 4.78 is 11.2. The first-order valence-electron chi connectivity index (χ1n) is 11.0. The molecule has 4 amide bonds. The van der Waals surface area contributed by atoms with Crippen molar-refractivity contribution in [2.45, 2.75) is 39.7 Å². The lowest BCUT2D eigenvalue weighted by Crippen LogP contribution is -2.38. The summed E-state index contributed by atoms with van der Waals surface area (Å²) in [6.07, 6.45) is 2.94. The molecule has 2 N–H and O–H groups in total. The van der Waals surface area contributed by atoms with Gasteiger partial charge in [-0.1, -0.05) is 43.6 Å². The van der Waals surface area contributed by atoms with E-state index in [-0.39, 0.29) is 11.8 Å². The molecule has 2 aromatic rings. The Labute approximate surface area is 203 Å². The highest BCUT2D eigenvalue weighted by molar-refractivity contribution is 6.32. The van der Waals surface area contributed by atoms with Gasteiger partial charge in [0.25, 0.3) is 5.91 Å². The third kappa shape index (κ3) is 5.69. The first-order chi connectivity index (χ1) is 16.3. The van der Waals surface area contributed by atoms with E-state index < -0.39 is 24.4 Å². The number of amides is 4. The molecule has 9 heteroatoms. The highest BCUT2D eigenvalue weighted by Gasteiger charge is 2.35. The molecule has 3 rings (SSSR count). The maximum absolute atomic E-state index is 12.8. The summed E-state index contributed by atoms with van der Waals surface area (Å²) in [6.45, 7) is 5.48. The molecule has 0 aromatic heterocycles. The molecule has 0 spiro atoms. The number of carbonyl (C=O) groups excluding carboxylic acids is 3. The van der Waals surface area contributed by atoms with Gasteiger partial charge in [-0.15, -0.1) is 0 Å². The van der Waals surface area contributed by atoms with Crippen LogP contribution in [0.25, 0.3) is 6.08 Å². The summed E-state index contributed by atoms with van der Waals surface area (Å²) >= 11 is 6.39. The number of para-hydroxylation sites is 1. The first kappa shape index (κ1) is 25.1. The zero-order chi connectivity index (χ0) is 24.8. The van der Waals surface area contributed by atoms with Crippen LogP contribution in [0.4, 0.5) is 10.5 Å². The van der Waals surface area contributed by atoms with Crippen molar-refractivity contribution in [1.82, 2.24) is 10.2 Å². The minimum atomic E-state index is -0.676. The number of hydrogen-bond acceptors (Lipinski definition) is 5. The minimum Gasteiger partial charge on any atom is -0.493 e. The van der Waals surface area contributed by atoms with Gasteiger partial charge in [0, 0.05) is 5.69 Å². The molecule has 1 aliphatic rings. The fourth-order valence-electron chi connectivity index (χ4n) is 3.39. The molecule has 8 nitrogen and oxygen atoms in total. The zero-order valence-electron chi connectivity index (χ0n) is 19.6. The van der Waals surface area contributed by atoms with Crippen LogP contribution in [0.3, 0.4) is 0 Å². The van der Waals surface area contributed by atoms with E-state index in [0.29, 0.717) is 27.8 Å². The second kappa shape index (κ2) is 11.1. The van der Waals surface area contributed by atoms with Crippen molar-refractivity contribution in [2.75, 3.05) is 19.0 Å². The lowest BCUT2D eigenvalue weighted by atomic mass is 10.1. The molecule has 0 bridgehead atoms. The predicted octanol–water partition coefficient (Wildman–Crippen LogP) is 4.62. The van der Waals surface area contributed by atoms with Gasteiger partial charge in [-0.25, -0.2) is 9.69 Å². The van der Waals surface area contributed by atoms with E-state index in [1.54, 1.807) is 18.2 Å². The third-order valence-electron chi connectivity index (χ3n) is 5.39. The molecule has 1 atom stereocenters. The number of benzene rings is 2. The van der Waals surface area contributed by atoms with E-state index in [4.69, 9.17) is 21.1 Å². The second-order valence-corrected chi connectivity index (χ2v) is 8.22. The molecule has 180 valence electrons. The van der Waals surface area contributed by atoms with E-state index in [9.17, 15) is 14.4 Å². The van der Waals surface area contributed by atoms with Crippen LogP contribution >= 0.6 is 11.6 Å². The minimum absolute atomic E-state index is 0.0282. The number of hydrogen-bond donors (Lipinski definition) is 2. The van der Waals surface area contributed by atoms with Crippen molar-refractivity contribution in [3.63, 3.8) is 0 Å². The van der Waals surface area contributed by atoms with Gasteiger partial charge in [-0.3, -0.25) is 9.59 Å². The first-order valence-corrected chi connectivity index (χ1v) is 11.4. The van der Waals surface area contributed by atoms with Crippen LogP contribution in [0.2, 0.25) is 5.02 Å². The molecular formula is C25H28ClN3O5. The van der Waals surface area contributed by atoms with Gasteiger partial charge in [0.05, 0.1) is 18.2 Å². The monoisotopic (exact) mass is 485 g/mol. The molecule has 2 aromatic carbocycles. The smallest absolute Gasteiger partial charge is 0.329 e. The lowest BCUT2D eigenvalue weighted by molar-refractivity contribution is -0.127. The van der Waals surface area contributed by atoms with Crippen molar-refractivity contribution in [1.29, 1.82) is 0 Å². The predicted molar refractivity (Wildman–Crippen MR) is 131 cm³/mol. The molecule has 1 saturated heterocycles. The van der Waals surface area contributed by atoms with E-state index in [1.165, 1.54) is 13.2 Å². The average molecular weight is 486 g/mol. The van der Waals surface area contributed by atoms with Crippen LogP contribution in [0.15, 0.2) is 42.1 Å². The van der Waals surface area contributed by atoms with Crippen LogP contribution in [0, 0.1) is 0 Å². The van der Waals surface area contributed by atoms with Crippen molar-refractivity contribution in [3.05, 3.63) is 58.2 Å². The Morgan fingerprint density at radius 2 is 1.97 bits per heavy atom. The van der Waals surface area contributed by atoms with E-state index >= 15 is 0 Å². The van der Waals surface area contributed by atoms with Crippen LogP contribution < -0.4 is 20.1 Å². The van der Waals surface area contributed by atoms with Crippen molar-refractivity contribution in [2.24, 2.45) is 0 Å². The van der Waals surface area contributed by atoms with E-state index in [2.05, 4.69) is 10.6 Å². The number of nitrogens with zero attached hydrogens (tertiary/aromatic N) is 1. The van der Waals surface area contributed by atoms with Gasteiger partial charge in [-0.05, 0) is 55.2 Å². The van der Waals surface area contributed by atoms with Crippen molar-refractivity contribution >= 4 is 41.2 Å². The van der Waals surface area contributed by atoms with Crippen LogP contribution in [-0.4, -0.2) is 42.5 Å². The number of urea groups is 1. The van der Waals surface area contributed by atoms with Crippen LogP contribution in [0.1, 0.15) is 38.3 Å². The van der Waals surface area contributed by atoms with E-state index in [0.717, 1.165) is 23.3 Å². The topological polar surface area (TPSA) is 97.0 Å². The van der Waals surface area contributed by atoms with Gasteiger partial charge in [-0.2, -0.15) is 0 Å². The van der Waals surface area contributed by atoms with Crippen LogP contribution in [-0.2, 0) is 16.0 Å². The number of anilines is 1. The second-order valence-electron chi connectivity index (χ2n) is 7.81.